The van der Waals surface area contributed by atoms with E-state index < -0.39 is 5.41 Å². The van der Waals surface area contributed by atoms with Crippen molar-refractivity contribution in [1.29, 1.82) is 0 Å². The lowest BCUT2D eigenvalue weighted by Gasteiger charge is -2.33. The van der Waals surface area contributed by atoms with Gasteiger partial charge in [-0.25, -0.2) is 4.98 Å². The smallest absolute Gasteiger partial charge is 0.255 e. The molecule has 2 aromatic rings. The normalized spacial score (nSPS) is 15.1. The first-order chi connectivity index (χ1) is 13.7. The van der Waals surface area contributed by atoms with Crippen LogP contribution in [-0.4, -0.2) is 54.9 Å². The van der Waals surface area contributed by atoms with E-state index in [-0.39, 0.29) is 11.8 Å². The van der Waals surface area contributed by atoms with Crippen LogP contribution in [0.15, 0.2) is 42.6 Å². The van der Waals surface area contributed by atoms with Crippen LogP contribution in [0.2, 0.25) is 0 Å². The minimum absolute atomic E-state index is 0.0984. The summed E-state index contributed by atoms with van der Waals surface area (Å²) in [7, 11) is 2.12. The molecule has 1 saturated heterocycles. The summed E-state index contributed by atoms with van der Waals surface area (Å²) in [6.45, 7) is 9.46. The summed E-state index contributed by atoms with van der Waals surface area (Å²) < 4.78 is 0. The van der Waals surface area contributed by atoms with Gasteiger partial charge in [0.2, 0.25) is 5.91 Å². The van der Waals surface area contributed by atoms with Gasteiger partial charge in [0.05, 0.1) is 11.9 Å². The minimum Gasteiger partial charge on any atom is -0.354 e. The van der Waals surface area contributed by atoms with Gasteiger partial charge in [-0.2, -0.15) is 0 Å². The van der Waals surface area contributed by atoms with Crippen molar-refractivity contribution in [2.45, 2.75) is 20.8 Å². The molecule has 1 fully saturated rings. The molecule has 0 spiro atoms. The number of benzene rings is 1. The van der Waals surface area contributed by atoms with Crippen LogP contribution in [0.5, 0.6) is 0 Å². The number of likely N-dealkylation sites (N-methyl/N-ethyl adjacent to an activating group) is 1. The number of carbonyl (C=O) groups is 2. The Kier molecular flexibility index (Phi) is 6.17. The molecule has 2 heterocycles. The molecule has 2 N–H and O–H groups in total. The van der Waals surface area contributed by atoms with Crippen LogP contribution in [0.4, 0.5) is 17.2 Å². The van der Waals surface area contributed by atoms with E-state index in [0.717, 1.165) is 32.0 Å². The van der Waals surface area contributed by atoms with Crippen molar-refractivity contribution in [1.82, 2.24) is 9.88 Å². The molecule has 1 aromatic carbocycles. The fraction of sp³-hybridized carbons (Fsp3) is 0.409. The largest absolute Gasteiger partial charge is 0.354 e. The Morgan fingerprint density at radius 1 is 0.966 bits per heavy atom. The molecule has 29 heavy (non-hydrogen) atoms. The first-order valence-corrected chi connectivity index (χ1v) is 9.85. The Morgan fingerprint density at radius 3 is 2.31 bits per heavy atom. The fourth-order valence-electron chi connectivity index (χ4n) is 2.94. The quantitative estimate of drug-likeness (QED) is 0.832. The Labute approximate surface area is 172 Å². The van der Waals surface area contributed by atoms with Gasteiger partial charge in [0.15, 0.2) is 0 Å². The van der Waals surface area contributed by atoms with Crippen LogP contribution in [0.3, 0.4) is 0 Å². The number of piperazine rings is 1. The molecule has 1 aliphatic heterocycles. The van der Waals surface area contributed by atoms with E-state index in [4.69, 9.17) is 0 Å². The van der Waals surface area contributed by atoms with Crippen LogP contribution in [0.1, 0.15) is 31.1 Å². The highest BCUT2D eigenvalue weighted by Crippen LogP contribution is 2.20. The van der Waals surface area contributed by atoms with Crippen molar-refractivity contribution in [3.05, 3.63) is 48.2 Å². The highest BCUT2D eigenvalue weighted by molar-refractivity contribution is 6.05. The molecular weight excluding hydrogens is 366 g/mol. The summed E-state index contributed by atoms with van der Waals surface area (Å²) in [6.07, 6.45) is 1.68. The second-order valence-corrected chi connectivity index (χ2v) is 8.43. The van der Waals surface area contributed by atoms with Crippen molar-refractivity contribution in [3.8, 4) is 0 Å². The van der Waals surface area contributed by atoms with E-state index in [1.54, 1.807) is 30.5 Å². The predicted octanol–water partition coefficient (Wildman–Crippen LogP) is 3.07. The number of carbonyl (C=O) groups excluding carboxylic acids is 2. The number of aromatic nitrogens is 1. The number of nitrogens with zero attached hydrogens (tertiary/aromatic N) is 3. The zero-order valence-electron chi connectivity index (χ0n) is 17.5. The van der Waals surface area contributed by atoms with Gasteiger partial charge in [-0.05, 0) is 37.4 Å². The molecular formula is C22H29N5O2. The summed E-state index contributed by atoms with van der Waals surface area (Å²) in [5.74, 6) is 0.577. The molecule has 154 valence electrons. The van der Waals surface area contributed by atoms with E-state index in [0.29, 0.717) is 16.9 Å². The molecule has 1 aromatic heterocycles. The number of rotatable bonds is 4. The number of nitrogens with one attached hydrogen (secondary N) is 2. The summed E-state index contributed by atoms with van der Waals surface area (Å²) >= 11 is 0. The average molecular weight is 396 g/mol. The topological polar surface area (TPSA) is 77.6 Å². The zero-order chi connectivity index (χ0) is 21.0. The minimum atomic E-state index is -0.505. The number of hydrogen-bond donors (Lipinski definition) is 2. The molecule has 1 aliphatic rings. The van der Waals surface area contributed by atoms with Gasteiger partial charge in [0.25, 0.3) is 5.91 Å². The molecule has 0 atom stereocenters. The first kappa shape index (κ1) is 20.8. The molecule has 0 bridgehead atoms. The Bertz CT molecular complexity index is 866. The van der Waals surface area contributed by atoms with Gasteiger partial charge >= 0.3 is 0 Å². The summed E-state index contributed by atoms with van der Waals surface area (Å²) in [6, 6.07) is 10.7. The Morgan fingerprint density at radius 2 is 1.69 bits per heavy atom. The number of pyridine rings is 1. The van der Waals surface area contributed by atoms with E-state index in [1.165, 1.54) is 0 Å². The number of amides is 2. The fourth-order valence-corrected chi connectivity index (χ4v) is 2.94. The van der Waals surface area contributed by atoms with Crippen molar-refractivity contribution >= 4 is 29.0 Å². The van der Waals surface area contributed by atoms with Gasteiger partial charge in [-0.3, -0.25) is 9.59 Å². The van der Waals surface area contributed by atoms with Crippen molar-refractivity contribution in [2.75, 3.05) is 48.8 Å². The Hall–Kier alpha value is -2.93. The summed E-state index contributed by atoms with van der Waals surface area (Å²) in [5, 5.41) is 5.71. The van der Waals surface area contributed by atoms with Gasteiger partial charge in [-0.15, -0.1) is 0 Å². The second-order valence-electron chi connectivity index (χ2n) is 8.43. The summed E-state index contributed by atoms with van der Waals surface area (Å²) in [4.78, 5) is 33.8. The molecule has 0 aliphatic carbocycles. The molecule has 0 unspecified atom stereocenters. The Balaban J connectivity index is 1.63. The standard InChI is InChI=1S/C22H29N5O2/c1-22(2,3)21(29)25-17-7-5-6-16(14-17)20(28)24-18-8-9-19(23-15-18)27-12-10-26(4)11-13-27/h5-9,14-15H,10-13H2,1-4H3,(H,24,28)(H,25,29). The van der Waals surface area contributed by atoms with Gasteiger partial charge in [-0.1, -0.05) is 26.8 Å². The van der Waals surface area contributed by atoms with Crippen LogP contribution < -0.4 is 15.5 Å². The maximum Gasteiger partial charge on any atom is 0.255 e. The zero-order valence-corrected chi connectivity index (χ0v) is 17.5. The first-order valence-electron chi connectivity index (χ1n) is 9.85. The number of hydrogen-bond acceptors (Lipinski definition) is 5. The molecule has 7 heteroatoms. The average Bonchev–Trinajstić information content (AvgIpc) is 2.69. The van der Waals surface area contributed by atoms with E-state index in [2.05, 4.69) is 32.5 Å². The van der Waals surface area contributed by atoms with Crippen LogP contribution in [0, 0.1) is 5.41 Å². The molecule has 7 nitrogen and oxygen atoms in total. The lowest BCUT2D eigenvalue weighted by Crippen LogP contribution is -2.44. The second kappa shape index (κ2) is 8.61. The third-order valence-corrected chi connectivity index (χ3v) is 4.90. The van der Waals surface area contributed by atoms with Crippen molar-refractivity contribution in [3.63, 3.8) is 0 Å². The van der Waals surface area contributed by atoms with Crippen molar-refractivity contribution in [2.24, 2.45) is 5.41 Å². The molecule has 3 rings (SSSR count). The molecule has 2 amide bonds. The van der Waals surface area contributed by atoms with E-state index in [1.807, 2.05) is 32.9 Å². The van der Waals surface area contributed by atoms with E-state index >= 15 is 0 Å². The highest BCUT2D eigenvalue weighted by atomic mass is 16.2. The number of anilines is 3. The lowest BCUT2D eigenvalue weighted by molar-refractivity contribution is -0.123. The van der Waals surface area contributed by atoms with Crippen LogP contribution >= 0.6 is 0 Å². The maximum absolute atomic E-state index is 12.6. The van der Waals surface area contributed by atoms with E-state index in [9.17, 15) is 9.59 Å². The van der Waals surface area contributed by atoms with Gasteiger partial charge < -0.3 is 20.4 Å². The third kappa shape index (κ3) is 5.54. The summed E-state index contributed by atoms with van der Waals surface area (Å²) in [5.41, 5.74) is 1.20. The lowest BCUT2D eigenvalue weighted by atomic mass is 9.95. The van der Waals surface area contributed by atoms with Crippen molar-refractivity contribution < 1.29 is 9.59 Å². The van der Waals surface area contributed by atoms with Gasteiger partial charge in [0, 0.05) is 42.8 Å². The molecule has 0 saturated carbocycles. The third-order valence-electron chi connectivity index (χ3n) is 4.90. The van der Waals surface area contributed by atoms with Crippen LogP contribution in [-0.2, 0) is 4.79 Å². The maximum atomic E-state index is 12.6. The highest BCUT2D eigenvalue weighted by Gasteiger charge is 2.21. The van der Waals surface area contributed by atoms with Gasteiger partial charge in [0.1, 0.15) is 5.82 Å². The SMILES string of the molecule is CN1CCN(c2ccc(NC(=O)c3cccc(NC(=O)C(C)(C)C)c3)cn2)CC1. The monoisotopic (exact) mass is 395 g/mol. The predicted molar refractivity (Wildman–Crippen MR) is 116 cm³/mol. The van der Waals surface area contributed by atoms with Crippen LogP contribution in [0.25, 0.3) is 0 Å². The molecule has 0 radical (unpaired) electrons.